The predicted molar refractivity (Wildman–Crippen MR) is 63.3 cm³/mol. The Labute approximate surface area is 92.5 Å². The van der Waals surface area contributed by atoms with Crippen molar-refractivity contribution >= 4 is 34.3 Å². The Balaban J connectivity index is 2.75. The van der Waals surface area contributed by atoms with Crippen LogP contribution in [-0.2, 0) is 0 Å². The summed E-state index contributed by atoms with van der Waals surface area (Å²) in [6, 6.07) is 8.16. The highest BCUT2D eigenvalue weighted by atomic mass is 35.5. The molecule has 72 valence electrons. The Morgan fingerprint density at radius 1 is 1.29 bits per heavy atom. The Morgan fingerprint density at radius 3 is 2.79 bits per heavy atom. The molecule has 0 fully saturated rings. The van der Waals surface area contributed by atoms with Crippen molar-refractivity contribution in [3.05, 3.63) is 35.0 Å². The van der Waals surface area contributed by atoms with E-state index in [1.807, 2.05) is 6.07 Å². The maximum Gasteiger partial charge on any atom is 0.130 e. The fourth-order valence-corrected chi connectivity index (χ4v) is 2.16. The van der Waals surface area contributed by atoms with Crippen LogP contribution in [0.4, 0.5) is 0 Å². The van der Waals surface area contributed by atoms with E-state index in [1.54, 1.807) is 11.8 Å². The maximum atomic E-state index is 5.90. The van der Waals surface area contributed by atoms with Crippen LogP contribution in [0.3, 0.4) is 0 Å². The van der Waals surface area contributed by atoms with Crippen LogP contribution in [-0.4, -0.2) is 11.2 Å². The summed E-state index contributed by atoms with van der Waals surface area (Å²) < 4.78 is 0. The molecule has 14 heavy (non-hydrogen) atoms. The second-order valence-electron chi connectivity index (χ2n) is 3.14. The van der Waals surface area contributed by atoms with E-state index < -0.39 is 0 Å². The first-order valence-electron chi connectivity index (χ1n) is 4.31. The highest BCUT2D eigenvalue weighted by molar-refractivity contribution is 7.98. The Kier molecular flexibility index (Phi) is 2.66. The molecule has 0 spiro atoms. The van der Waals surface area contributed by atoms with E-state index in [1.165, 1.54) is 15.8 Å². The lowest BCUT2D eigenvalue weighted by atomic mass is 10.1. The van der Waals surface area contributed by atoms with E-state index in [-0.39, 0.29) is 0 Å². The summed E-state index contributed by atoms with van der Waals surface area (Å²) in [5.74, 6) is 0. The van der Waals surface area contributed by atoms with Crippen molar-refractivity contribution in [1.82, 2.24) is 4.98 Å². The minimum Gasteiger partial charge on any atom is -0.236 e. The number of hydrogen-bond acceptors (Lipinski definition) is 2. The molecular weight excluding hydrogens is 214 g/mol. The first-order chi connectivity index (χ1) is 6.70. The van der Waals surface area contributed by atoms with Crippen molar-refractivity contribution in [1.29, 1.82) is 0 Å². The van der Waals surface area contributed by atoms with Gasteiger partial charge in [-0.25, -0.2) is 4.98 Å². The van der Waals surface area contributed by atoms with Crippen LogP contribution < -0.4 is 0 Å². The standard InChI is InChI=1S/C11H10ClNS/c1-7-5-11(12)13-10-6-8(14-2)3-4-9(7)10/h3-6H,1-2H3. The van der Waals surface area contributed by atoms with Crippen LogP contribution in [0.2, 0.25) is 5.15 Å². The van der Waals surface area contributed by atoms with Gasteiger partial charge < -0.3 is 0 Å². The summed E-state index contributed by atoms with van der Waals surface area (Å²) in [6.45, 7) is 2.05. The lowest BCUT2D eigenvalue weighted by Crippen LogP contribution is -1.84. The molecule has 3 heteroatoms. The number of halogens is 1. The molecule has 0 saturated heterocycles. The second kappa shape index (κ2) is 3.79. The predicted octanol–water partition coefficient (Wildman–Crippen LogP) is 3.92. The van der Waals surface area contributed by atoms with E-state index in [0.717, 1.165) is 5.52 Å². The minimum atomic E-state index is 0.563. The smallest absolute Gasteiger partial charge is 0.130 e. The summed E-state index contributed by atoms with van der Waals surface area (Å²) in [5.41, 5.74) is 2.15. The average Bonchev–Trinajstić information content (AvgIpc) is 2.16. The summed E-state index contributed by atoms with van der Waals surface area (Å²) in [6.07, 6.45) is 2.05. The van der Waals surface area contributed by atoms with Gasteiger partial charge in [-0.3, -0.25) is 0 Å². The number of fused-ring (bicyclic) bond motifs is 1. The normalized spacial score (nSPS) is 10.8. The van der Waals surface area contributed by atoms with E-state index in [0.29, 0.717) is 5.15 Å². The molecule has 1 aromatic carbocycles. The highest BCUT2D eigenvalue weighted by Crippen LogP contribution is 2.24. The molecular formula is C11H10ClNS. The van der Waals surface area contributed by atoms with Gasteiger partial charge in [0.25, 0.3) is 0 Å². The number of nitrogens with zero attached hydrogens (tertiary/aromatic N) is 1. The highest BCUT2D eigenvalue weighted by Gasteiger charge is 2.01. The van der Waals surface area contributed by atoms with E-state index >= 15 is 0 Å². The first kappa shape index (κ1) is 9.81. The van der Waals surface area contributed by atoms with Crippen molar-refractivity contribution < 1.29 is 0 Å². The maximum absolute atomic E-state index is 5.90. The zero-order chi connectivity index (χ0) is 10.1. The minimum absolute atomic E-state index is 0.563. The molecule has 2 rings (SSSR count). The molecule has 0 atom stereocenters. The second-order valence-corrected chi connectivity index (χ2v) is 4.41. The van der Waals surface area contributed by atoms with Gasteiger partial charge >= 0.3 is 0 Å². The molecule has 0 saturated carbocycles. The fraction of sp³-hybridized carbons (Fsp3) is 0.182. The van der Waals surface area contributed by atoms with Gasteiger partial charge in [-0.15, -0.1) is 11.8 Å². The number of aryl methyl sites for hydroxylation is 1. The van der Waals surface area contributed by atoms with Crippen LogP contribution in [0.5, 0.6) is 0 Å². The third kappa shape index (κ3) is 1.72. The van der Waals surface area contributed by atoms with Crippen molar-refractivity contribution in [2.24, 2.45) is 0 Å². The zero-order valence-electron chi connectivity index (χ0n) is 8.04. The number of rotatable bonds is 1. The molecule has 0 unspecified atom stereocenters. The number of thioether (sulfide) groups is 1. The van der Waals surface area contributed by atoms with Gasteiger partial charge in [-0.2, -0.15) is 0 Å². The summed E-state index contributed by atoms with van der Waals surface area (Å²) >= 11 is 7.61. The average molecular weight is 224 g/mol. The topological polar surface area (TPSA) is 12.9 Å². The molecule has 0 aliphatic rings. The molecule has 1 aromatic heterocycles. The number of benzene rings is 1. The van der Waals surface area contributed by atoms with Gasteiger partial charge in [0, 0.05) is 10.3 Å². The Bertz CT molecular complexity index is 482. The molecule has 0 bridgehead atoms. The van der Waals surface area contributed by atoms with Crippen molar-refractivity contribution in [3.8, 4) is 0 Å². The molecule has 2 aromatic rings. The number of pyridine rings is 1. The van der Waals surface area contributed by atoms with E-state index in [2.05, 4.69) is 36.4 Å². The molecule has 0 amide bonds. The van der Waals surface area contributed by atoms with Crippen molar-refractivity contribution in [2.75, 3.05) is 6.26 Å². The van der Waals surface area contributed by atoms with Gasteiger partial charge in [0.15, 0.2) is 0 Å². The van der Waals surface area contributed by atoms with Gasteiger partial charge in [-0.1, -0.05) is 17.7 Å². The quantitative estimate of drug-likeness (QED) is 0.537. The van der Waals surface area contributed by atoms with Gasteiger partial charge in [0.1, 0.15) is 5.15 Å². The van der Waals surface area contributed by atoms with Gasteiger partial charge in [0.2, 0.25) is 0 Å². The SMILES string of the molecule is CSc1ccc2c(C)cc(Cl)nc2c1. The summed E-state index contributed by atoms with van der Waals surface area (Å²) in [4.78, 5) is 5.51. The van der Waals surface area contributed by atoms with E-state index in [4.69, 9.17) is 11.6 Å². The third-order valence-electron chi connectivity index (χ3n) is 2.19. The third-order valence-corrected chi connectivity index (χ3v) is 3.11. The zero-order valence-corrected chi connectivity index (χ0v) is 9.62. The molecule has 0 N–H and O–H groups in total. The van der Waals surface area contributed by atoms with Crippen LogP contribution in [0.25, 0.3) is 10.9 Å². The number of aromatic nitrogens is 1. The molecule has 1 nitrogen and oxygen atoms in total. The lowest BCUT2D eigenvalue weighted by Gasteiger charge is -2.03. The lowest BCUT2D eigenvalue weighted by molar-refractivity contribution is 1.34. The first-order valence-corrected chi connectivity index (χ1v) is 5.92. The van der Waals surface area contributed by atoms with Crippen molar-refractivity contribution in [2.45, 2.75) is 11.8 Å². The van der Waals surface area contributed by atoms with Crippen LogP contribution in [0.1, 0.15) is 5.56 Å². The molecule has 0 aliphatic heterocycles. The van der Waals surface area contributed by atoms with Crippen LogP contribution in [0, 0.1) is 6.92 Å². The van der Waals surface area contributed by atoms with Gasteiger partial charge in [0.05, 0.1) is 5.52 Å². The Morgan fingerprint density at radius 2 is 2.07 bits per heavy atom. The monoisotopic (exact) mass is 223 g/mol. The van der Waals surface area contributed by atoms with Crippen LogP contribution >= 0.6 is 23.4 Å². The summed E-state index contributed by atoms with van der Waals surface area (Å²) in [5, 5.41) is 1.74. The largest absolute Gasteiger partial charge is 0.236 e. The van der Waals surface area contributed by atoms with Crippen molar-refractivity contribution in [3.63, 3.8) is 0 Å². The molecule has 1 heterocycles. The van der Waals surface area contributed by atoms with Gasteiger partial charge in [-0.05, 0) is 36.9 Å². The van der Waals surface area contributed by atoms with Crippen LogP contribution in [0.15, 0.2) is 29.2 Å². The molecule has 0 radical (unpaired) electrons. The number of hydrogen-bond donors (Lipinski definition) is 0. The van der Waals surface area contributed by atoms with E-state index in [9.17, 15) is 0 Å². The molecule has 0 aliphatic carbocycles. The Hall–Kier alpha value is -0.730. The summed E-state index contributed by atoms with van der Waals surface area (Å²) in [7, 11) is 0. The fourth-order valence-electron chi connectivity index (χ4n) is 1.47.